The van der Waals surface area contributed by atoms with Gasteiger partial charge in [-0.1, -0.05) is 13.8 Å². The number of hydrogen-bond donors (Lipinski definition) is 3. The quantitative estimate of drug-likeness (QED) is 0.534. The number of aryl methyl sites for hydroxylation is 1. The van der Waals surface area contributed by atoms with Crippen LogP contribution < -0.4 is 16.6 Å². The minimum Gasteiger partial charge on any atom is -0.351 e. The Bertz CT molecular complexity index is 471. The normalized spacial score (nSPS) is 11.6. The standard InChI is InChI=1S/C14H25N5O/c1-10-6-12(18-15)11(7-16-10)13(20)17-8-14(2,3)9-19(4)5/h6-7H,8-9,15H2,1-5H3,(H,16,18)(H,17,20). The highest BCUT2D eigenvalue weighted by atomic mass is 16.1. The number of anilines is 1. The summed E-state index contributed by atoms with van der Waals surface area (Å²) in [5, 5.41) is 2.94. The summed E-state index contributed by atoms with van der Waals surface area (Å²) in [6.45, 7) is 7.55. The lowest BCUT2D eigenvalue weighted by Crippen LogP contribution is -2.40. The highest BCUT2D eigenvalue weighted by Crippen LogP contribution is 2.17. The van der Waals surface area contributed by atoms with Crippen LogP contribution in [0.4, 0.5) is 5.69 Å². The Morgan fingerprint density at radius 2 is 2.10 bits per heavy atom. The van der Waals surface area contributed by atoms with Crippen LogP contribution >= 0.6 is 0 Å². The van der Waals surface area contributed by atoms with Crippen LogP contribution in [-0.4, -0.2) is 43.0 Å². The zero-order chi connectivity index (χ0) is 15.3. The van der Waals surface area contributed by atoms with Crippen molar-refractivity contribution in [1.82, 2.24) is 15.2 Å². The molecule has 0 saturated heterocycles. The van der Waals surface area contributed by atoms with Crippen LogP contribution in [0.3, 0.4) is 0 Å². The fourth-order valence-corrected chi connectivity index (χ4v) is 2.19. The van der Waals surface area contributed by atoms with E-state index in [0.29, 0.717) is 17.8 Å². The van der Waals surface area contributed by atoms with Crippen molar-refractivity contribution in [3.05, 3.63) is 23.5 Å². The molecule has 0 bridgehead atoms. The van der Waals surface area contributed by atoms with Crippen LogP contribution in [0.15, 0.2) is 12.3 Å². The molecule has 1 aromatic rings. The number of nitrogens with zero attached hydrogens (tertiary/aromatic N) is 2. The Morgan fingerprint density at radius 3 is 2.65 bits per heavy atom. The van der Waals surface area contributed by atoms with Gasteiger partial charge in [0.15, 0.2) is 0 Å². The van der Waals surface area contributed by atoms with Gasteiger partial charge >= 0.3 is 0 Å². The summed E-state index contributed by atoms with van der Waals surface area (Å²) < 4.78 is 0. The van der Waals surface area contributed by atoms with Crippen molar-refractivity contribution in [2.24, 2.45) is 11.3 Å². The molecule has 0 spiro atoms. The zero-order valence-corrected chi connectivity index (χ0v) is 12.9. The van der Waals surface area contributed by atoms with E-state index in [4.69, 9.17) is 5.84 Å². The molecule has 0 aromatic carbocycles. The fraction of sp³-hybridized carbons (Fsp3) is 0.571. The molecule has 0 atom stereocenters. The van der Waals surface area contributed by atoms with Crippen LogP contribution in [0.25, 0.3) is 0 Å². The lowest BCUT2D eigenvalue weighted by Gasteiger charge is -2.28. The maximum absolute atomic E-state index is 12.2. The van der Waals surface area contributed by atoms with E-state index in [0.717, 1.165) is 12.2 Å². The summed E-state index contributed by atoms with van der Waals surface area (Å²) in [5.41, 5.74) is 4.38. The maximum Gasteiger partial charge on any atom is 0.255 e. The van der Waals surface area contributed by atoms with Gasteiger partial charge in [0.25, 0.3) is 5.91 Å². The number of nitrogens with two attached hydrogens (primary N) is 1. The number of nitrogens with one attached hydrogen (secondary N) is 2. The Labute approximate surface area is 120 Å². The lowest BCUT2D eigenvalue weighted by atomic mass is 9.93. The van der Waals surface area contributed by atoms with Gasteiger partial charge in [0.1, 0.15) is 0 Å². The summed E-state index contributed by atoms with van der Waals surface area (Å²) in [6, 6.07) is 1.75. The van der Waals surface area contributed by atoms with Crippen LogP contribution in [0.1, 0.15) is 29.9 Å². The first kappa shape index (κ1) is 16.4. The number of hydrogen-bond acceptors (Lipinski definition) is 5. The number of hydrazine groups is 1. The maximum atomic E-state index is 12.2. The van der Waals surface area contributed by atoms with E-state index in [1.165, 1.54) is 0 Å². The fourth-order valence-electron chi connectivity index (χ4n) is 2.19. The monoisotopic (exact) mass is 279 g/mol. The molecule has 20 heavy (non-hydrogen) atoms. The van der Waals surface area contributed by atoms with E-state index in [-0.39, 0.29) is 11.3 Å². The Kier molecular flexibility index (Phi) is 5.47. The van der Waals surface area contributed by atoms with Gasteiger partial charge in [0.05, 0.1) is 11.3 Å². The Balaban J connectivity index is 2.72. The largest absolute Gasteiger partial charge is 0.351 e. The zero-order valence-electron chi connectivity index (χ0n) is 12.9. The van der Waals surface area contributed by atoms with Crippen LogP contribution in [0, 0.1) is 12.3 Å². The van der Waals surface area contributed by atoms with E-state index in [1.54, 1.807) is 12.3 Å². The highest BCUT2D eigenvalue weighted by molar-refractivity contribution is 5.99. The first-order chi connectivity index (χ1) is 9.25. The first-order valence-corrected chi connectivity index (χ1v) is 6.61. The highest BCUT2D eigenvalue weighted by Gasteiger charge is 2.21. The summed E-state index contributed by atoms with van der Waals surface area (Å²) >= 11 is 0. The van der Waals surface area contributed by atoms with Gasteiger partial charge in [0, 0.05) is 25.0 Å². The number of pyridine rings is 1. The predicted octanol–water partition coefficient (Wildman–Crippen LogP) is 0.993. The summed E-state index contributed by atoms with van der Waals surface area (Å²) in [4.78, 5) is 18.4. The second-order valence-corrected chi connectivity index (χ2v) is 6.10. The number of amides is 1. The third-order valence-electron chi connectivity index (χ3n) is 2.91. The second kappa shape index (κ2) is 6.67. The molecular formula is C14H25N5O. The number of rotatable bonds is 6. The number of carbonyl (C=O) groups excluding carboxylic acids is 1. The van der Waals surface area contributed by atoms with Gasteiger partial charge in [-0.25, -0.2) is 0 Å². The van der Waals surface area contributed by atoms with E-state index < -0.39 is 0 Å². The van der Waals surface area contributed by atoms with E-state index in [1.807, 2.05) is 21.0 Å². The first-order valence-electron chi connectivity index (χ1n) is 6.61. The topological polar surface area (TPSA) is 83.3 Å². The Morgan fingerprint density at radius 1 is 1.45 bits per heavy atom. The van der Waals surface area contributed by atoms with Crippen molar-refractivity contribution in [3.8, 4) is 0 Å². The molecule has 0 unspecified atom stereocenters. The van der Waals surface area contributed by atoms with Crippen molar-refractivity contribution in [1.29, 1.82) is 0 Å². The van der Waals surface area contributed by atoms with Gasteiger partial charge < -0.3 is 15.6 Å². The molecule has 4 N–H and O–H groups in total. The van der Waals surface area contributed by atoms with Crippen LogP contribution in [0.2, 0.25) is 0 Å². The van der Waals surface area contributed by atoms with Crippen molar-refractivity contribution in [3.63, 3.8) is 0 Å². The average molecular weight is 279 g/mol. The number of carbonyl (C=O) groups is 1. The minimum atomic E-state index is -0.169. The molecule has 6 heteroatoms. The van der Waals surface area contributed by atoms with Crippen molar-refractivity contribution >= 4 is 11.6 Å². The molecule has 0 fully saturated rings. The molecule has 0 saturated carbocycles. The smallest absolute Gasteiger partial charge is 0.255 e. The van der Waals surface area contributed by atoms with E-state index in [9.17, 15) is 4.79 Å². The molecule has 1 amide bonds. The number of aromatic nitrogens is 1. The molecule has 0 aliphatic rings. The molecule has 1 rings (SSSR count). The third kappa shape index (κ3) is 4.79. The van der Waals surface area contributed by atoms with Gasteiger partial charge in [-0.3, -0.25) is 15.6 Å². The molecule has 1 heterocycles. The lowest BCUT2D eigenvalue weighted by molar-refractivity contribution is 0.0929. The van der Waals surface area contributed by atoms with Gasteiger partial charge in [0.2, 0.25) is 0 Å². The Hall–Kier alpha value is -1.66. The number of nitrogen functional groups attached to an aromatic ring is 1. The SMILES string of the molecule is Cc1cc(NN)c(C(=O)NCC(C)(C)CN(C)C)cn1. The van der Waals surface area contributed by atoms with Gasteiger partial charge in [-0.2, -0.15) is 0 Å². The summed E-state index contributed by atoms with van der Waals surface area (Å²) in [6.07, 6.45) is 1.54. The van der Waals surface area contributed by atoms with E-state index in [2.05, 4.69) is 34.5 Å². The van der Waals surface area contributed by atoms with Crippen LogP contribution in [0.5, 0.6) is 0 Å². The average Bonchev–Trinajstić information content (AvgIpc) is 2.34. The van der Waals surface area contributed by atoms with Gasteiger partial charge in [-0.15, -0.1) is 0 Å². The van der Waals surface area contributed by atoms with Crippen molar-refractivity contribution < 1.29 is 4.79 Å². The van der Waals surface area contributed by atoms with E-state index >= 15 is 0 Å². The molecular weight excluding hydrogens is 254 g/mol. The molecule has 1 aromatic heterocycles. The summed E-state index contributed by atoms with van der Waals surface area (Å²) in [7, 11) is 4.04. The molecule has 0 aliphatic carbocycles. The van der Waals surface area contributed by atoms with Crippen molar-refractivity contribution in [2.75, 3.05) is 32.6 Å². The predicted molar refractivity (Wildman–Crippen MR) is 81.5 cm³/mol. The second-order valence-electron chi connectivity index (χ2n) is 6.10. The molecule has 112 valence electrons. The minimum absolute atomic E-state index is 0.00636. The molecule has 0 aliphatic heterocycles. The summed E-state index contributed by atoms with van der Waals surface area (Å²) in [5.74, 6) is 5.27. The van der Waals surface area contributed by atoms with Crippen molar-refractivity contribution in [2.45, 2.75) is 20.8 Å². The molecule has 0 radical (unpaired) electrons. The molecule has 6 nitrogen and oxygen atoms in total. The van der Waals surface area contributed by atoms with Crippen LogP contribution in [-0.2, 0) is 0 Å². The third-order valence-corrected chi connectivity index (χ3v) is 2.91. The van der Waals surface area contributed by atoms with Gasteiger partial charge in [-0.05, 0) is 32.5 Å².